The highest BCUT2D eigenvalue weighted by Gasteiger charge is 2.24. The average molecular weight is 1090 g/mol. The molecule has 3 rings (SSSR count). The quantitative estimate of drug-likeness (QED) is 0.0308. The van der Waals surface area contributed by atoms with Crippen LogP contribution in [0.5, 0.6) is 46.0 Å². The smallest absolute Gasteiger partial charge is 0.343 e. The summed E-state index contributed by atoms with van der Waals surface area (Å²) < 4.78 is 51.3. The number of hydrogen-bond acceptors (Lipinski definition) is 10. The Kier molecular flexibility index (Phi) is 40.1. The molecular formula is C68H110O10. The molecule has 0 saturated carbocycles. The maximum absolute atomic E-state index is 14.4. The summed E-state index contributed by atoms with van der Waals surface area (Å²) in [4.78, 5) is 28.8. The van der Waals surface area contributed by atoms with Gasteiger partial charge in [0, 0.05) is 0 Å². The molecule has 3 aromatic carbocycles. The van der Waals surface area contributed by atoms with Crippen molar-refractivity contribution in [2.24, 2.45) is 0 Å². The molecule has 0 aliphatic heterocycles. The van der Waals surface area contributed by atoms with Crippen molar-refractivity contribution in [2.45, 2.75) is 273 Å². The molecule has 0 fully saturated rings. The zero-order valence-electron chi connectivity index (χ0n) is 50.4. The standard InChI is InChI=1S/C68H110O10/c1-7-13-19-25-31-39-47-71-61-53-57(54-62(72-48-40-32-26-20-14-8-2)65(61)75-51-43-35-29-23-17-11-5)67(69)77-59-45-37-38-46-60(59)78-68(70)58-55-63(73-49-41-33-27-21-15-9-3)66(76-52-44-36-30-24-18-12-6)64(56-58)74-50-42-34-28-22-16-10-4/h37-38,45-46,53-56H,7-36,39-44,47-52H2,1-6H3. The number of esters is 2. The SMILES string of the molecule is CCCCCCCCOc1cc(C(=O)Oc2ccccc2OC(=O)c2cc(OCCCCCCCC)c(OCCCCCCCC)c(OCCCCCCCC)c2)cc(OCCCCCCCC)c1OCCCCCCCC. The van der Waals surface area contributed by atoms with Crippen molar-refractivity contribution in [3.05, 3.63) is 59.7 Å². The fourth-order valence-electron chi connectivity index (χ4n) is 9.41. The van der Waals surface area contributed by atoms with Gasteiger partial charge in [0.2, 0.25) is 11.5 Å². The van der Waals surface area contributed by atoms with E-state index in [1.807, 2.05) is 0 Å². The average Bonchev–Trinajstić information content (AvgIpc) is 3.45. The van der Waals surface area contributed by atoms with Crippen molar-refractivity contribution in [1.82, 2.24) is 0 Å². The molecule has 442 valence electrons. The first-order chi connectivity index (χ1) is 38.4. The predicted octanol–water partition coefficient (Wildman–Crippen LogP) is 20.6. The molecule has 0 spiro atoms. The van der Waals surface area contributed by atoms with Crippen LogP contribution in [0.1, 0.15) is 293 Å². The van der Waals surface area contributed by atoms with Crippen molar-refractivity contribution in [1.29, 1.82) is 0 Å². The zero-order chi connectivity index (χ0) is 55.9. The highest BCUT2D eigenvalue weighted by molar-refractivity contribution is 5.95. The summed E-state index contributed by atoms with van der Waals surface area (Å²) in [6.07, 6.45) is 40.6. The Hall–Kier alpha value is -4.60. The normalized spacial score (nSPS) is 11.2. The first kappa shape index (κ1) is 67.7. The minimum absolute atomic E-state index is 0.0985. The number of benzene rings is 3. The van der Waals surface area contributed by atoms with Gasteiger partial charge in [0.15, 0.2) is 34.5 Å². The molecule has 0 unspecified atom stereocenters. The van der Waals surface area contributed by atoms with Gasteiger partial charge in [0.1, 0.15) is 0 Å². The number of para-hydroxylation sites is 2. The van der Waals surface area contributed by atoms with E-state index in [9.17, 15) is 9.59 Å². The fourth-order valence-corrected chi connectivity index (χ4v) is 9.41. The predicted molar refractivity (Wildman–Crippen MR) is 322 cm³/mol. The largest absolute Gasteiger partial charge is 0.490 e. The second-order valence-electron chi connectivity index (χ2n) is 21.5. The maximum Gasteiger partial charge on any atom is 0.343 e. The third-order valence-corrected chi connectivity index (χ3v) is 14.3. The van der Waals surface area contributed by atoms with Gasteiger partial charge < -0.3 is 37.9 Å². The number of hydrogen-bond donors (Lipinski definition) is 0. The minimum atomic E-state index is -0.641. The van der Waals surface area contributed by atoms with Crippen molar-refractivity contribution >= 4 is 11.9 Å². The van der Waals surface area contributed by atoms with Crippen molar-refractivity contribution in [2.75, 3.05) is 39.6 Å². The van der Waals surface area contributed by atoms with Crippen molar-refractivity contribution in [3.63, 3.8) is 0 Å². The molecule has 0 saturated heterocycles. The van der Waals surface area contributed by atoms with E-state index in [1.165, 1.54) is 128 Å². The lowest BCUT2D eigenvalue weighted by Gasteiger charge is -2.19. The number of carbonyl (C=O) groups is 2. The topological polar surface area (TPSA) is 108 Å². The summed E-state index contributed by atoms with van der Waals surface area (Å²) in [5.74, 6) is 1.81. The fraction of sp³-hybridized carbons (Fsp3) is 0.706. The van der Waals surface area contributed by atoms with Crippen LogP contribution >= 0.6 is 0 Å². The van der Waals surface area contributed by atoms with Gasteiger partial charge >= 0.3 is 11.9 Å². The zero-order valence-corrected chi connectivity index (χ0v) is 50.4. The molecule has 10 heteroatoms. The van der Waals surface area contributed by atoms with E-state index in [4.69, 9.17) is 37.9 Å². The van der Waals surface area contributed by atoms with E-state index < -0.39 is 11.9 Å². The summed E-state index contributed by atoms with van der Waals surface area (Å²) in [7, 11) is 0. The molecule has 0 aliphatic carbocycles. The Bertz CT molecular complexity index is 1750. The molecule has 0 radical (unpaired) electrons. The lowest BCUT2D eigenvalue weighted by atomic mass is 10.1. The summed E-state index contributed by atoms with van der Waals surface area (Å²) in [6.45, 7) is 16.3. The third kappa shape index (κ3) is 30.1. The molecule has 0 bridgehead atoms. The summed E-state index contributed by atoms with van der Waals surface area (Å²) in [5, 5.41) is 0. The number of unbranched alkanes of at least 4 members (excludes halogenated alkanes) is 30. The van der Waals surface area contributed by atoms with Crippen LogP contribution in [-0.4, -0.2) is 51.6 Å². The van der Waals surface area contributed by atoms with Crippen LogP contribution in [0.3, 0.4) is 0 Å². The number of rotatable bonds is 52. The molecular weight excluding hydrogens is 977 g/mol. The second-order valence-corrected chi connectivity index (χ2v) is 21.5. The van der Waals surface area contributed by atoms with E-state index >= 15 is 0 Å². The van der Waals surface area contributed by atoms with Crippen LogP contribution in [-0.2, 0) is 0 Å². The van der Waals surface area contributed by atoms with Crippen molar-refractivity contribution in [3.8, 4) is 46.0 Å². The lowest BCUT2D eigenvalue weighted by Crippen LogP contribution is -2.14. The third-order valence-electron chi connectivity index (χ3n) is 14.3. The minimum Gasteiger partial charge on any atom is -0.490 e. The van der Waals surface area contributed by atoms with E-state index in [2.05, 4.69) is 41.5 Å². The Morgan fingerprint density at radius 3 is 0.705 bits per heavy atom. The number of ether oxygens (including phenoxy) is 8. The first-order valence-corrected chi connectivity index (χ1v) is 32.1. The molecule has 0 N–H and O–H groups in total. The highest BCUT2D eigenvalue weighted by Crippen LogP contribution is 2.42. The molecule has 3 aromatic rings. The number of carbonyl (C=O) groups excluding carboxylic acids is 2. The molecule has 0 heterocycles. The molecule has 0 amide bonds. The van der Waals surface area contributed by atoms with Gasteiger partial charge in [0.25, 0.3) is 0 Å². The maximum atomic E-state index is 14.4. The van der Waals surface area contributed by atoms with Gasteiger partial charge in [-0.25, -0.2) is 9.59 Å². The Balaban J connectivity index is 1.96. The first-order valence-electron chi connectivity index (χ1n) is 32.1. The monoisotopic (exact) mass is 1090 g/mol. The van der Waals surface area contributed by atoms with Gasteiger partial charge in [-0.1, -0.05) is 246 Å². The van der Waals surface area contributed by atoms with Crippen LogP contribution in [0, 0.1) is 0 Å². The van der Waals surface area contributed by atoms with Gasteiger partial charge in [-0.3, -0.25) is 0 Å². The Labute approximate surface area is 475 Å². The molecule has 78 heavy (non-hydrogen) atoms. The Morgan fingerprint density at radius 2 is 0.474 bits per heavy atom. The van der Waals surface area contributed by atoms with E-state index in [0.717, 1.165) is 103 Å². The highest BCUT2D eigenvalue weighted by atomic mass is 16.6. The van der Waals surface area contributed by atoms with Crippen LogP contribution in [0.25, 0.3) is 0 Å². The summed E-state index contributed by atoms with van der Waals surface area (Å²) in [6, 6.07) is 13.6. The van der Waals surface area contributed by atoms with Crippen LogP contribution in [0.2, 0.25) is 0 Å². The molecule has 0 aromatic heterocycles. The van der Waals surface area contributed by atoms with Gasteiger partial charge in [0.05, 0.1) is 50.8 Å². The lowest BCUT2D eigenvalue weighted by molar-refractivity contribution is 0.0681. The van der Waals surface area contributed by atoms with Crippen LogP contribution < -0.4 is 37.9 Å². The summed E-state index contributed by atoms with van der Waals surface area (Å²) in [5.41, 5.74) is 0.490. The van der Waals surface area contributed by atoms with E-state index in [0.29, 0.717) is 74.1 Å². The van der Waals surface area contributed by atoms with E-state index in [1.54, 1.807) is 48.5 Å². The molecule has 0 atom stereocenters. The Morgan fingerprint density at radius 1 is 0.269 bits per heavy atom. The van der Waals surface area contributed by atoms with Gasteiger partial charge in [-0.15, -0.1) is 0 Å². The summed E-state index contributed by atoms with van der Waals surface area (Å²) >= 11 is 0. The van der Waals surface area contributed by atoms with Gasteiger partial charge in [-0.2, -0.15) is 0 Å². The molecule has 0 aliphatic rings. The van der Waals surface area contributed by atoms with Crippen LogP contribution in [0.4, 0.5) is 0 Å². The van der Waals surface area contributed by atoms with Crippen LogP contribution in [0.15, 0.2) is 48.5 Å². The van der Waals surface area contributed by atoms with Crippen molar-refractivity contribution < 1.29 is 47.5 Å². The van der Waals surface area contributed by atoms with Gasteiger partial charge in [-0.05, 0) is 74.9 Å². The molecule has 10 nitrogen and oxygen atoms in total. The second kappa shape index (κ2) is 46.2. The van der Waals surface area contributed by atoms with E-state index in [-0.39, 0.29) is 22.6 Å².